The second-order valence-electron chi connectivity index (χ2n) is 12.2. The molecular weight excluding hydrogens is 534 g/mol. The van der Waals surface area contributed by atoms with Gasteiger partial charge in [0.1, 0.15) is 11.7 Å². The van der Waals surface area contributed by atoms with Gasteiger partial charge in [0.2, 0.25) is 0 Å². The number of ether oxygens (including phenoxy) is 2. The van der Waals surface area contributed by atoms with Crippen molar-refractivity contribution in [1.82, 2.24) is 14.8 Å². The van der Waals surface area contributed by atoms with Gasteiger partial charge in [-0.1, -0.05) is 44.2 Å². The maximum Gasteiger partial charge on any atom is 0.410 e. The first-order valence-corrected chi connectivity index (χ1v) is 15.0. The number of nitrogens with zero attached hydrogens (tertiary/aromatic N) is 3. The molecule has 2 aliphatic rings. The number of amides is 1. The van der Waals surface area contributed by atoms with Gasteiger partial charge in [-0.3, -0.25) is 9.78 Å². The topological polar surface area (TPSA) is 112 Å². The van der Waals surface area contributed by atoms with Crippen LogP contribution < -0.4 is 0 Å². The van der Waals surface area contributed by atoms with Gasteiger partial charge in [-0.05, 0) is 83.4 Å². The number of cyclic esters (lactones) is 1. The zero-order valence-electron chi connectivity index (χ0n) is 26.0. The lowest BCUT2D eigenvalue weighted by Crippen LogP contribution is -2.48. The van der Waals surface area contributed by atoms with Crippen molar-refractivity contribution in [2.45, 2.75) is 95.7 Å². The molecule has 0 bridgehead atoms. The normalized spacial score (nSPS) is 30.6. The van der Waals surface area contributed by atoms with Crippen LogP contribution in [0.2, 0.25) is 0 Å². The van der Waals surface area contributed by atoms with E-state index in [-0.39, 0.29) is 37.1 Å². The minimum atomic E-state index is -1.45. The van der Waals surface area contributed by atoms with Crippen LogP contribution in [0.3, 0.4) is 0 Å². The number of carbonyl (C=O) groups is 2. The highest BCUT2D eigenvalue weighted by Crippen LogP contribution is 2.28. The number of likely N-dealkylation sites (tertiary alicyclic amines) is 1. The summed E-state index contributed by atoms with van der Waals surface area (Å²) >= 11 is 0. The highest BCUT2D eigenvalue weighted by molar-refractivity contribution is 5.70. The van der Waals surface area contributed by atoms with E-state index in [0.29, 0.717) is 0 Å². The number of pyridine rings is 1. The number of hydrogen-bond acceptors (Lipinski definition) is 8. The average Bonchev–Trinajstić information content (AvgIpc) is 2.96. The summed E-state index contributed by atoms with van der Waals surface area (Å²) in [6, 6.07) is 5.88. The number of aliphatic hydroxyl groups is 2. The number of aliphatic hydroxyl groups excluding tert-OH is 1. The molecule has 1 amide bonds. The molecule has 9 nitrogen and oxygen atoms in total. The first-order valence-electron chi connectivity index (χ1n) is 15.0. The summed E-state index contributed by atoms with van der Waals surface area (Å²) in [5, 5.41) is 22.0. The van der Waals surface area contributed by atoms with E-state index >= 15 is 0 Å². The molecule has 232 valence electrons. The zero-order valence-corrected chi connectivity index (χ0v) is 26.0. The Morgan fingerprint density at radius 3 is 2.64 bits per heavy atom. The molecule has 3 heterocycles. The molecule has 1 fully saturated rings. The van der Waals surface area contributed by atoms with Crippen LogP contribution in [0.1, 0.15) is 71.4 Å². The molecule has 9 heteroatoms. The molecule has 2 aliphatic heterocycles. The Hall–Kier alpha value is -3.01. The van der Waals surface area contributed by atoms with Gasteiger partial charge in [-0.15, -0.1) is 0 Å². The molecule has 1 saturated heterocycles. The number of piperidine rings is 1. The third-order valence-electron chi connectivity index (χ3n) is 8.44. The maximum absolute atomic E-state index is 13.2. The van der Waals surface area contributed by atoms with Crippen LogP contribution in [0, 0.1) is 5.92 Å². The smallest absolute Gasteiger partial charge is 0.410 e. The molecule has 2 N–H and O–H groups in total. The summed E-state index contributed by atoms with van der Waals surface area (Å²) in [6.45, 7) is 9.27. The van der Waals surface area contributed by atoms with Crippen molar-refractivity contribution in [3.63, 3.8) is 0 Å². The van der Waals surface area contributed by atoms with Crippen LogP contribution in [0.5, 0.6) is 0 Å². The van der Waals surface area contributed by atoms with Crippen LogP contribution in [-0.4, -0.2) is 94.2 Å². The third kappa shape index (κ3) is 9.78. The van der Waals surface area contributed by atoms with Crippen LogP contribution in [0.4, 0.5) is 4.79 Å². The molecule has 0 unspecified atom stereocenters. The Kier molecular flexibility index (Phi) is 12.3. The van der Waals surface area contributed by atoms with Crippen molar-refractivity contribution in [3.8, 4) is 0 Å². The molecule has 3 rings (SSSR count). The Balaban J connectivity index is 1.80. The van der Waals surface area contributed by atoms with E-state index in [2.05, 4.69) is 23.9 Å². The molecule has 42 heavy (non-hydrogen) atoms. The minimum Gasteiger partial charge on any atom is -0.457 e. The Morgan fingerprint density at radius 2 is 1.98 bits per heavy atom. The fourth-order valence-electron chi connectivity index (χ4n) is 5.39. The van der Waals surface area contributed by atoms with Gasteiger partial charge >= 0.3 is 12.1 Å². The Bertz CT molecular complexity index is 1110. The summed E-state index contributed by atoms with van der Waals surface area (Å²) in [5.41, 5.74) is 0.323. The fraction of sp³-hybridized carbons (Fsp3) is 0.606. The average molecular weight is 584 g/mol. The monoisotopic (exact) mass is 583 g/mol. The molecular formula is C33H49N3O6. The number of hydrogen-bond donors (Lipinski definition) is 2. The third-order valence-corrected chi connectivity index (χ3v) is 8.44. The Morgan fingerprint density at radius 1 is 1.26 bits per heavy atom. The van der Waals surface area contributed by atoms with Crippen LogP contribution in [-0.2, 0) is 14.3 Å². The lowest BCUT2D eigenvalue weighted by atomic mass is 9.88. The summed E-state index contributed by atoms with van der Waals surface area (Å²) in [4.78, 5) is 34.2. The van der Waals surface area contributed by atoms with E-state index in [4.69, 9.17) is 9.47 Å². The molecule has 0 spiro atoms. The molecule has 0 radical (unpaired) electrons. The van der Waals surface area contributed by atoms with E-state index in [9.17, 15) is 19.8 Å². The van der Waals surface area contributed by atoms with Gasteiger partial charge in [0.05, 0.1) is 12.5 Å². The lowest BCUT2D eigenvalue weighted by molar-refractivity contribution is -0.151. The van der Waals surface area contributed by atoms with Crippen molar-refractivity contribution in [3.05, 3.63) is 66.0 Å². The van der Waals surface area contributed by atoms with Gasteiger partial charge < -0.3 is 29.5 Å². The van der Waals surface area contributed by atoms with E-state index in [1.54, 1.807) is 31.1 Å². The maximum atomic E-state index is 13.2. The first-order chi connectivity index (χ1) is 19.9. The summed E-state index contributed by atoms with van der Waals surface area (Å²) in [7, 11) is 3.81. The highest BCUT2D eigenvalue weighted by Gasteiger charge is 2.37. The number of carbonyl (C=O) groups excluding carboxylic acids is 2. The molecule has 0 aromatic carbocycles. The summed E-state index contributed by atoms with van der Waals surface area (Å²) in [5.74, 6) is -0.701. The molecule has 0 saturated carbocycles. The van der Waals surface area contributed by atoms with Crippen LogP contribution in [0.25, 0.3) is 0 Å². The predicted molar refractivity (Wildman–Crippen MR) is 163 cm³/mol. The predicted octanol–water partition coefficient (Wildman–Crippen LogP) is 4.62. The SMILES string of the molecule is C/C(=C\C=C\[C@@H](C)c1ccccn1)[C@H]1OC(=O)C[C@H](O)CC[C@@](C)(O)[C@@H](OC(=O)N(C)C2CCN(C)CC2)/C=C\[C@@H]1C. The molecule has 0 aliphatic carbocycles. The van der Waals surface area contributed by atoms with E-state index in [1.165, 1.54) is 0 Å². The molecule has 6 atom stereocenters. The minimum absolute atomic E-state index is 0.0691. The fourth-order valence-corrected chi connectivity index (χ4v) is 5.39. The first kappa shape index (κ1) is 33.5. The number of rotatable bonds is 6. The lowest BCUT2D eigenvalue weighted by Gasteiger charge is -2.37. The quantitative estimate of drug-likeness (QED) is 0.284. The van der Waals surface area contributed by atoms with Gasteiger partial charge in [0.15, 0.2) is 6.10 Å². The number of esters is 1. The zero-order chi connectivity index (χ0) is 30.9. The van der Waals surface area contributed by atoms with Crippen molar-refractivity contribution in [2.24, 2.45) is 5.92 Å². The van der Waals surface area contributed by atoms with Crippen LogP contribution in [0.15, 0.2) is 60.3 Å². The number of allylic oxidation sites excluding steroid dienone is 3. The molecule has 1 aromatic rings. The van der Waals surface area contributed by atoms with Crippen molar-refractivity contribution in [1.29, 1.82) is 0 Å². The van der Waals surface area contributed by atoms with Gasteiger partial charge in [-0.25, -0.2) is 4.79 Å². The number of aromatic nitrogens is 1. The van der Waals surface area contributed by atoms with Gasteiger partial charge in [0.25, 0.3) is 0 Å². The van der Waals surface area contributed by atoms with E-state index in [0.717, 1.165) is 37.2 Å². The van der Waals surface area contributed by atoms with Gasteiger partial charge in [0, 0.05) is 36.8 Å². The summed E-state index contributed by atoms with van der Waals surface area (Å²) in [6.07, 6.45) is 9.91. The van der Waals surface area contributed by atoms with E-state index in [1.807, 2.05) is 56.4 Å². The Labute approximate surface area is 250 Å². The molecule has 1 aromatic heterocycles. The van der Waals surface area contributed by atoms with E-state index < -0.39 is 36.0 Å². The second-order valence-corrected chi connectivity index (χ2v) is 12.2. The van der Waals surface area contributed by atoms with Crippen molar-refractivity contribution < 1.29 is 29.3 Å². The highest BCUT2D eigenvalue weighted by atomic mass is 16.6. The second kappa shape index (κ2) is 15.5. The summed E-state index contributed by atoms with van der Waals surface area (Å²) < 4.78 is 11.8. The van der Waals surface area contributed by atoms with Crippen molar-refractivity contribution >= 4 is 12.1 Å². The largest absolute Gasteiger partial charge is 0.457 e. The standard InChI is InChI=1S/C33H49N3O6/c1-23(28-12-7-8-19-34-28)10-9-11-24(2)31-25(3)13-14-29(33(4,40)18-15-27(37)22-30(38)42-31)41-32(39)36(6)26-16-20-35(5)21-17-26/h7-14,19,23,25-27,29,31,37,40H,15-18,20-22H2,1-6H3/b10-9+,14-13-,24-11+/t23-,25+,27-,29+,31-,33-/m1/s1. The van der Waals surface area contributed by atoms with Gasteiger partial charge in [-0.2, -0.15) is 0 Å². The van der Waals surface area contributed by atoms with Crippen LogP contribution >= 0.6 is 0 Å². The van der Waals surface area contributed by atoms with Crippen molar-refractivity contribution in [2.75, 3.05) is 27.2 Å².